The number of anilines is 2. The Morgan fingerprint density at radius 3 is 2.25 bits per heavy atom. The predicted octanol–water partition coefficient (Wildman–Crippen LogP) is 1.14. The molecule has 1 rings (SSSR count). The molecule has 0 aliphatic carbocycles. The number of sulfonamides is 1. The van der Waals surface area contributed by atoms with Crippen LogP contribution < -0.4 is 15.4 Å². The Labute approximate surface area is 117 Å². The highest BCUT2D eigenvalue weighted by molar-refractivity contribution is 7.89. The maximum Gasteiger partial charge on any atom is 0.213 e. The fourth-order valence-corrected chi connectivity index (χ4v) is 2.43. The van der Waals surface area contributed by atoms with E-state index in [1.54, 1.807) is 13.8 Å². The summed E-state index contributed by atoms with van der Waals surface area (Å²) in [6.45, 7) is 4.10. The molecule has 0 radical (unpaired) electrons. The smallest absolute Gasteiger partial charge is 0.213 e. The van der Waals surface area contributed by atoms with Crippen LogP contribution in [0.15, 0.2) is 6.07 Å². The van der Waals surface area contributed by atoms with Gasteiger partial charge in [0.2, 0.25) is 10.0 Å². The van der Waals surface area contributed by atoms with Crippen molar-refractivity contribution in [1.82, 2.24) is 9.71 Å². The molecule has 3 N–H and O–H groups in total. The van der Waals surface area contributed by atoms with Crippen LogP contribution in [0.2, 0.25) is 0 Å². The zero-order valence-electron chi connectivity index (χ0n) is 11.3. The van der Waals surface area contributed by atoms with Gasteiger partial charge in [0.25, 0.3) is 0 Å². The normalized spacial score (nSPS) is 11.4. The van der Waals surface area contributed by atoms with Crippen molar-refractivity contribution >= 4 is 21.7 Å². The number of rotatable bonds is 8. The lowest BCUT2D eigenvalue weighted by Crippen LogP contribution is -2.29. The van der Waals surface area contributed by atoms with Crippen LogP contribution in [0.4, 0.5) is 20.4 Å². The van der Waals surface area contributed by atoms with Gasteiger partial charge in [-0.05, 0) is 6.92 Å². The summed E-state index contributed by atoms with van der Waals surface area (Å²) < 4.78 is 51.9. The van der Waals surface area contributed by atoms with Crippen molar-refractivity contribution in [3.8, 4) is 0 Å². The maximum atomic E-state index is 13.5. The van der Waals surface area contributed by atoms with Gasteiger partial charge in [0.15, 0.2) is 23.3 Å². The Morgan fingerprint density at radius 1 is 1.10 bits per heavy atom. The van der Waals surface area contributed by atoms with E-state index in [0.29, 0.717) is 12.6 Å². The molecule has 0 unspecified atom stereocenters. The number of halogens is 2. The first-order valence-corrected chi connectivity index (χ1v) is 7.86. The zero-order valence-corrected chi connectivity index (χ0v) is 12.2. The zero-order chi connectivity index (χ0) is 15.2. The number of hydrogen-bond acceptors (Lipinski definition) is 5. The van der Waals surface area contributed by atoms with Crippen molar-refractivity contribution in [1.29, 1.82) is 0 Å². The van der Waals surface area contributed by atoms with E-state index in [0.717, 1.165) is 0 Å². The molecule has 0 amide bonds. The fourth-order valence-electron chi connectivity index (χ4n) is 1.48. The van der Waals surface area contributed by atoms with Gasteiger partial charge in [-0.25, -0.2) is 26.9 Å². The summed E-state index contributed by atoms with van der Waals surface area (Å²) in [5, 5.41) is 5.19. The number of pyridine rings is 1. The van der Waals surface area contributed by atoms with Crippen LogP contribution in [0.25, 0.3) is 0 Å². The quantitative estimate of drug-likeness (QED) is 0.671. The molecule has 20 heavy (non-hydrogen) atoms. The van der Waals surface area contributed by atoms with Crippen molar-refractivity contribution < 1.29 is 17.2 Å². The van der Waals surface area contributed by atoms with Crippen LogP contribution in [0.3, 0.4) is 0 Å². The summed E-state index contributed by atoms with van der Waals surface area (Å²) in [5.41, 5.74) is 0. The summed E-state index contributed by atoms with van der Waals surface area (Å²) >= 11 is 0. The Bertz CT molecular complexity index is 552. The lowest BCUT2D eigenvalue weighted by atomic mass is 10.4. The van der Waals surface area contributed by atoms with E-state index in [2.05, 4.69) is 20.3 Å². The minimum absolute atomic E-state index is 0.0313. The van der Waals surface area contributed by atoms with Crippen LogP contribution in [0, 0.1) is 11.6 Å². The topological polar surface area (TPSA) is 83.1 Å². The predicted molar refractivity (Wildman–Crippen MR) is 74.3 cm³/mol. The van der Waals surface area contributed by atoms with Crippen molar-refractivity contribution in [2.75, 3.05) is 36.0 Å². The van der Waals surface area contributed by atoms with Gasteiger partial charge in [-0.2, -0.15) is 0 Å². The van der Waals surface area contributed by atoms with Gasteiger partial charge >= 0.3 is 0 Å². The number of hydrogen-bond donors (Lipinski definition) is 3. The second-order valence-electron chi connectivity index (χ2n) is 3.92. The van der Waals surface area contributed by atoms with Crippen molar-refractivity contribution in [2.45, 2.75) is 13.8 Å². The molecule has 0 saturated carbocycles. The van der Waals surface area contributed by atoms with E-state index in [1.807, 2.05) is 0 Å². The number of aromatic nitrogens is 1. The lowest BCUT2D eigenvalue weighted by Gasteiger charge is -2.10. The van der Waals surface area contributed by atoms with Gasteiger partial charge < -0.3 is 10.6 Å². The standard InChI is InChI=1S/C11H18F2N4O2S/c1-3-14-10-8(12)7-9(13)11(17-10)15-5-6-20(18,19)16-4-2/h7,16H,3-6H2,1-2H3,(H2,14,15,17). The Balaban J connectivity index is 2.70. The molecule has 0 spiro atoms. The summed E-state index contributed by atoms with van der Waals surface area (Å²) in [4.78, 5) is 3.74. The van der Waals surface area contributed by atoms with Gasteiger partial charge in [0.1, 0.15) is 0 Å². The van der Waals surface area contributed by atoms with E-state index in [-0.39, 0.29) is 30.5 Å². The molecule has 1 heterocycles. The Kier molecular flexibility index (Phi) is 6.08. The molecule has 0 fully saturated rings. The van der Waals surface area contributed by atoms with Gasteiger partial charge in [-0.3, -0.25) is 0 Å². The molecule has 1 aromatic rings. The number of nitrogens with one attached hydrogen (secondary N) is 3. The monoisotopic (exact) mass is 308 g/mol. The molecule has 114 valence electrons. The third-order valence-corrected chi connectivity index (χ3v) is 3.77. The SMILES string of the molecule is CCNc1nc(NCCS(=O)(=O)NCC)c(F)cc1F. The second kappa shape index (κ2) is 7.34. The first-order chi connectivity index (χ1) is 9.39. The van der Waals surface area contributed by atoms with Gasteiger partial charge in [-0.1, -0.05) is 6.92 Å². The largest absolute Gasteiger partial charge is 0.368 e. The third kappa shape index (κ3) is 4.89. The van der Waals surface area contributed by atoms with Crippen molar-refractivity contribution in [3.05, 3.63) is 17.7 Å². The van der Waals surface area contributed by atoms with Gasteiger partial charge in [0, 0.05) is 25.7 Å². The van der Waals surface area contributed by atoms with Crippen LogP contribution in [0.1, 0.15) is 13.8 Å². The highest BCUT2D eigenvalue weighted by Gasteiger charge is 2.13. The van der Waals surface area contributed by atoms with E-state index in [9.17, 15) is 17.2 Å². The summed E-state index contributed by atoms with van der Waals surface area (Å²) in [6, 6.07) is 0.701. The molecule has 1 aromatic heterocycles. The maximum absolute atomic E-state index is 13.5. The van der Waals surface area contributed by atoms with Crippen LogP contribution >= 0.6 is 0 Å². The van der Waals surface area contributed by atoms with Crippen molar-refractivity contribution in [3.63, 3.8) is 0 Å². The third-order valence-electron chi connectivity index (χ3n) is 2.30. The molecule has 0 aliphatic heterocycles. The average Bonchev–Trinajstić information content (AvgIpc) is 2.34. The highest BCUT2D eigenvalue weighted by Crippen LogP contribution is 2.18. The lowest BCUT2D eigenvalue weighted by molar-refractivity contribution is 0.576. The van der Waals surface area contributed by atoms with Crippen molar-refractivity contribution in [2.24, 2.45) is 0 Å². The highest BCUT2D eigenvalue weighted by atomic mass is 32.2. The van der Waals surface area contributed by atoms with E-state index in [4.69, 9.17) is 0 Å². The van der Waals surface area contributed by atoms with E-state index < -0.39 is 21.7 Å². The second-order valence-corrected chi connectivity index (χ2v) is 5.85. The van der Waals surface area contributed by atoms with Crippen LogP contribution in [-0.4, -0.2) is 38.8 Å². The molecule has 0 atom stereocenters. The molecule has 0 aliphatic rings. The molecule has 0 bridgehead atoms. The Morgan fingerprint density at radius 2 is 1.70 bits per heavy atom. The number of nitrogens with zero attached hydrogens (tertiary/aromatic N) is 1. The molecule has 0 aromatic carbocycles. The fraction of sp³-hybridized carbons (Fsp3) is 0.545. The summed E-state index contributed by atoms with van der Waals surface area (Å²) in [6.07, 6.45) is 0. The van der Waals surface area contributed by atoms with Crippen LogP contribution in [0.5, 0.6) is 0 Å². The van der Waals surface area contributed by atoms with Crippen LogP contribution in [-0.2, 0) is 10.0 Å². The minimum atomic E-state index is -3.40. The summed E-state index contributed by atoms with van der Waals surface area (Å²) in [7, 11) is -3.40. The van der Waals surface area contributed by atoms with E-state index in [1.165, 1.54) is 0 Å². The molecule has 9 heteroatoms. The molecular formula is C11H18F2N4O2S. The van der Waals surface area contributed by atoms with Gasteiger partial charge in [-0.15, -0.1) is 0 Å². The first-order valence-electron chi connectivity index (χ1n) is 6.20. The molecule has 0 saturated heterocycles. The minimum Gasteiger partial charge on any atom is -0.368 e. The molecule has 6 nitrogen and oxygen atoms in total. The first kappa shape index (κ1) is 16.6. The average molecular weight is 308 g/mol. The summed E-state index contributed by atoms with van der Waals surface area (Å²) in [5.74, 6) is -2.16. The Hall–Kier alpha value is -1.48. The molecular weight excluding hydrogens is 290 g/mol. The van der Waals surface area contributed by atoms with Gasteiger partial charge in [0.05, 0.1) is 5.75 Å². The van der Waals surface area contributed by atoms with E-state index >= 15 is 0 Å².